The van der Waals surface area contributed by atoms with Gasteiger partial charge in [-0.05, 0) is 85.2 Å². The number of aryl methyl sites for hydroxylation is 1. The highest BCUT2D eigenvalue weighted by Gasteiger charge is 2.43. The molecule has 234 valence electrons. The number of aliphatic hydroxyl groups excluding tert-OH is 1. The lowest BCUT2D eigenvalue weighted by Crippen LogP contribution is -2.46. The minimum Gasteiger partial charge on any atom is -0.468 e. The zero-order chi connectivity index (χ0) is 31.2. The summed E-state index contributed by atoms with van der Waals surface area (Å²) in [4.78, 5) is 10.7. The number of piperidine rings is 1. The molecule has 1 saturated heterocycles. The lowest BCUT2D eigenvalue weighted by atomic mass is 9.91. The molecule has 3 aromatic carbocycles. The molecule has 0 amide bonds. The van der Waals surface area contributed by atoms with E-state index in [-0.39, 0.29) is 72.2 Å². The van der Waals surface area contributed by atoms with Crippen LogP contribution in [0.5, 0.6) is 11.8 Å². The largest absolute Gasteiger partial charge is 0.468 e. The van der Waals surface area contributed by atoms with Crippen LogP contribution in [0.3, 0.4) is 0 Å². The van der Waals surface area contributed by atoms with Gasteiger partial charge in [0.05, 0.1) is 24.4 Å². The Morgan fingerprint density at radius 2 is 1.82 bits per heavy atom. The summed E-state index contributed by atoms with van der Waals surface area (Å²) in [5, 5.41) is 21.6. The van der Waals surface area contributed by atoms with Crippen molar-refractivity contribution in [3.05, 3.63) is 53.3 Å². The van der Waals surface area contributed by atoms with Crippen LogP contribution in [0.4, 0.5) is 19.0 Å². The summed E-state index contributed by atoms with van der Waals surface area (Å²) < 4.78 is 64.8. The van der Waals surface area contributed by atoms with E-state index in [0.717, 1.165) is 12.8 Å². The number of aliphatic hydroxyl groups is 2. The predicted octanol–water partition coefficient (Wildman–Crippen LogP) is 5.91. The van der Waals surface area contributed by atoms with E-state index < -0.39 is 23.1 Å². The molecule has 2 heterocycles. The molecule has 1 saturated carbocycles. The van der Waals surface area contributed by atoms with Crippen molar-refractivity contribution in [3.8, 4) is 22.9 Å². The average Bonchev–Trinajstić information content (AvgIpc) is 3.79. The standard InChI is InChI=1S/C33H36F3N3O5/c1-4-21-24(34)7-6-19-12-20(44-18-42-3)13-22(26(19)21)27-25(35)14-23-29(28(27)36)37-31(43-17-33(16-40)9-10-33)38-30(23)39-11-5-8-32(2,41)15-39/h6-7,12-14,40-41H,4-5,8-11,15-18H2,1-3H3/t32-/m1/s1. The fourth-order valence-corrected chi connectivity index (χ4v) is 6.10. The van der Waals surface area contributed by atoms with E-state index in [9.17, 15) is 10.2 Å². The van der Waals surface area contributed by atoms with Crippen LogP contribution in [-0.2, 0) is 11.2 Å². The molecule has 8 nitrogen and oxygen atoms in total. The molecule has 0 unspecified atom stereocenters. The summed E-state index contributed by atoms with van der Waals surface area (Å²) in [6, 6.07) is 7.10. The molecular weight excluding hydrogens is 575 g/mol. The van der Waals surface area contributed by atoms with Gasteiger partial charge in [0.25, 0.3) is 0 Å². The number of β-amino-alcohol motifs (C(OH)–C–C–N with tert-alkyl or cyclic N) is 1. The summed E-state index contributed by atoms with van der Waals surface area (Å²) in [6.07, 6.45) is 3.09. The third kappa shape index (κ3) is 5.64. The van der Waals surface area contributed by atoms with Gasteiger partial charge in [0.2, 0.25) is 0 Å². The highest BCUT2D eigenvalue weighted by molar-refractivity contribution is 6.03. The molecule has 2 fully saturated rings. The van der Waals surface area contributed by atoms with Crippen LogP contribution in [0.1, 0.15) is 45.1 Å². The van der Waals surface area contributed by atoms with Gasteiger partial charge in [-0.2, -0.15) is 9.97 Å². The van der Waals surface area contributed by atoms with Gasteiger partial charge >= 0.3 is 6.01 Å². The third-order valence-electron chi connectivity index (χ3n) is 8.72. The van der Waals surface area contributed by atoms with E-state index in [1.807, 2.05) is 0 Å². The molecule has 1 atom stereocenters. The van der Waals surface area contributed by atoms with Gasteiger partial charge < -0.3 is 29.3 Å². The minimum atomic E-state index is -1.02. The molecular formula is C33H36F3N3O5. The van der Waals surface area contributed by atoms with Crippen LogP contribution in [0.15, 0.2) is 30.3 Å². The van der Waals surface area contributed by atoms with Crippen LogP contribution < -0.4 is 14.4 Å². The van der Waals surface area contributed by atoms with E-state index in [2.05, 4.69) is 9.97 Å². The molecule has 2 N–H and O–H groups in total. The number of hydrogen-bond donors (Lipinski definition) is 2. The van der Waals surface area contributed by atoms with Crippen molar-refractivity contribution in [2.75, 3.05) is 45.1 Å². The maximum atomic E-state index is 16.8. The van der Waals surface area contributed by atoms with Crippen LogP contribution in [-0.4, -0.2) is 66.0 Å². The van der Waals surface area contributed by atoms with Gasteiger partial charge in [-0.25, -0.2) is 13.2 Å². The lowest BCUT2D eigenvalue weighted by Gasteiger charge is -2.38. The smallest absolute Gasteiger partial charge is 0.319 e. The van der Waals surface area contributed by atoms with Gasteiger partial charge in [-0.1, -0.05) is 13.0 Å². The topological polar surface area (TPSA) is 97.2 Å². The second kappa shape index (κ2) is 11.7. The number of benzene rings is 3. The van der Waals surface area contributed by atoms with E-state index in [0.29, 0.717) is 41.5 Å². The Morgan fingerprint density at radius 1 is 1.02 bits per heavy atom. The van der Waals surface area contributed by atoms with E-state index in [4.69, 9.17) is 14.2 Å². The van der Waals surface area contributed by atoms with Crippen molar-refractivity contribution in [1.29, 1.82) is 0 Å². The zero-order valence-electron chi connectivity index (χ0n) is 25.1. The monoisotopic (exact) mass is 611 g/mol. The Kier molecular flexibility index (Phi) is 8.06. The number of ether oxygens (including phenoxy) is 3. The third-order valence-corrected chi connectivity index (χ3v) is 8.72. The van der Waals surface area contributed by atoms with E-state index in [1.54, 1.807) is 30.9 Å². The summed E-state index contributed by atoms with van der Waals surface area (Å²) in [6.45, 7) is 4.19. The number of aromatic nitrogens is 2. The summed E-state index contributed by atoms with van der Waals surface area (Å²) >= 11 is 0. The van der Waals surface area contributed by atoms with E-state index in [1.165, 1.54) is 25.3 Å². The Bertz CT molecular complexity index is 1730. The number of hydrogen-bond acceptors (Lipinski definition) is 8. The number of halogens is 3. The van der Waals surface area contributed by atoms with Crippen molar-refractivity contribution in [2.24, 2.45) is 5.41 Å². The molecule has 1 aromatic heterocycles. The summed E-state index contributed by atoms with van der Waals surface area (Å²) in [7, 11) is 1.46. The fraction of sp³-hybridized carbons (Fsp3) is 0.455. The number of anilines is 1. The van der Waals surface area contributed by atoms with Crippen LogP contribution in [0.2, 0.25) is 0 Å². The van der Waals surface area contributed by atoms with Gasteiger partial charge in [0.1, 0.15) is 28.7 Å². The number of nitrogens with zero attached hydrogens (tertiary/aromatic N) is 3. The van der Waals surface area contributed by atoms with Gasteiger partial charge in [0, 0.05) is 31.0 Å². The van der Waals surface area contributed by atoms with Gasteiger partial charge in [-0.15, -0.1) is 0 Å². The second-order valence-corrected chi connectivity index (χ2v) is 12.2. The van der Waals surface area contributed by atoms with Crippen LogP contribution in [0, 0.1) is 22.9 Å². The number of methoxy groups -OCH3 is 1. The molecule has 0 bridgehead atoms. The highest BCUT2D eigenvalue weighted by Crippen LogP contribution is 2.46. The maximum absolute atomic E-state index is 16.8. The van der Waals surface area contributed by atoms with E-state index >= 15 is 13.2 Å². The molecule has 0 radical (unpaired) electrons. The lowest BCUT2D eigenvalue weighted by molar-refractivity contribution is 0.0447. The first-order chi connectivity index (χ1) is 21.1. The average molecular weight is 612 g/mol. The van der Waals surface area contributed by atoms with Crippen molar-refractivity contribution < 1.29 is 37.6 Å². The minimum absolute atomic E-state index is 0.0585. The van der Waals surface area contributed by atoms with Crippen molar-refractivity contribution in [3.63, 3.8) is 0 Å². The number of rotatable bonds is 10. The molecule has 0 spiro atoms. The zero-order valence-corrected chi connectivity index (χ0v) is 25.1. The fourth-order valence-electron chi connectivity index (χ4n) is 6.10. The molecule has 1 aliphatic heterocycles. The summed E-state index contributed by atoms with van der Waals surface area (Å²) in [5.41, 5.74) is -1.54. The van der Waals surface area contributed by atoms with Crippen molar-refractivity contribution in [1.82, 2.24) is 9.97 Å². The molecule has 2 aliphatic rings. The Hall–Kier alpha value is -3.67. The first-order valence-corrected chi connectivity index (χ1v) is 14.9. The second-order valence-electron chi connectivity index (χ2n) is 12.2. The molecule has 6 rings (SSSR count). The maximum Gasteiger partial charge on any atom is 0.319 e. The van der Waals surface area contributed by atoms with Crippen molar-refractivity contribution >= 4 is 27.5 Å². The van der Waals surface area contributed by atoms with Crippen molar-refractivity contribution in [2.45, 2.75) is 51.6 Å². The quantitative estimate of drug-likeness (QED) is 0.214. The Morgan fingerprint density at radius 3 is 2.50 bits per heavy atom. The molecule has 11 heteroatoms. The highest BCUT2D eigenvalue weighted by atomic mass is 19.1. The van der Waals surface area contributed by atoms with Gasteiger partial charge in [-0.3, -0.25) is 0 Å². The normalized spacial score (nSPS) is 19.5. The predicted molar refractivity (Wildman–Crippen MR) is 161 cm³/mol. The number of fused-ring (bicyclic) bond motifs is 2. The summed E-state index contributed by atoms with van der Waals surface area (Å²) in [5.74, 6) is -1.79. The Balaban J connectivity index is 1.58. The molecule has 1 aliphatic carbocycles. The van der Waals surface area contributed by atoms with Crippen LogP contribution >= 0.6 is 0 Å². The molecule has 44 heavy (non-hydrogen) atoms. The first kappa shape index (κ1) is 30.4. The first-order valence-electron chi connectivity index (χ1n) is 14.9. The molecule has 4 aromatic rings. The van der Waals surface area contributed by atoms with Crippen LogP contribution in [0.25, 0.3) is 32.8 Å². The SMILES string of the molecule is CCc1c(F)ccc2cc(OCOC)cc(-c3c(F)cc4c(N5CCC[C@@](C)(O)C5)nc(OCC5(CO)CC5)nc4c3F)c12. The van der Waals surface area contributed by atoms with Gasteiger partial charge in [0.15, 0.2) is 12.6 Å². The Labute approximate surface area is 253 Å².